The van der Waals surface area contributed by atoms with Crippen molar-refractivity contribution in [1.29, 1.82) is 5.26 Å². The molecule has 0 bridgehead atoms. The summed E-state index contributed by atoms with van der Waals surface area (Å²) in [7, 11) is 3.26. The standard InChI is InChI=1S/C18H18N2O3S/c1-22-15-7-14(8-16(9-15)23-2)13-3-5-20(11-13)18(21)17-12(10-19)4-6-24-17/h4,6-9,13H,3,5,11H2,1-2H3/t13-/m0/s1. The van der Waals surface area contributed by atoms with E-state index in [4.69, 9.17) is 14.7 Å². The zero-order valence-corrected chi connectivity index (χ0v) is 14.4. The van der Waals surface area contributed by atoms with E-state index in [9.17, 15) is 4.79 Å². The lowest BCUT2D eigenvalue weighted by Crippen LogP contribution is -2.28. The second kappa shape index (κ2) is 6.93. The molecule has 3 rings (SSSR count). The highest BCUT2D eigenvalue weighted by atomic mass is 32.1. The first-order valence-corrected chi connectivity index (χ1v) is 8.54. The first-order chi connectivity index (χ1) is 11.7. The molecule has 5 nitrogen and oxygen atoms in total. The second-order valence-electron chi connectivity index (χ2n) is 5.66. The smallest absolute Gasteiger partial charge is 0.265 e. The largest absolute Gasteiger partial charge is 0.497 e. The van der Waals surface area contributed by atoms with Gasteiger partial charge in [-0.1, -0.05) is 0 Å². The number of ether oxygens (including phenoxy) is 2. The number of hydrogen-bond acceptors (Lipinski definition) is 5. The van der Waals surface area contributed by atoms with Crippen LogP contribution in [0.1, 0.15) is 33.1 Å². The zero-order valence-electron chi connectivity index (χ0n) is 13.6. The fourth-order valence-electron chi connectivity index (χ4n) is 2.99. The number of methoxy groups -OCH3 is 2. The van der Waals surface area contributed by atoms with Crippen molar-refractivity contribution in [2.75, 3.05) is 27.3 Å². The molecule has 6 heteroatoms. The van der Waals surface area contributed by atoms with Gasteiger partial charge in [-0.25, -0.2) is 0 Å². The van der Waals surface area contributed by atoms with E-state index in [0.29, 0.717) is 23.5 Å². The number of amides is 1. The Morgan fingerprint density at radius 1 is 1.29 bits per heavy atom. The molecule has 1 saturated heterocycles. The number of rotatable bonds is 4. The molecule has 1 aliphatic heterocycles. The maximum atomic E-state index is 12.6. The number of likely N-dealkylation sites (tertiary alicyclic amines) is 1. The molecule has 0 saturated carbocycles. The summed E-state index contributed by atoms with van der Waals surface area (Å²) in [4.78, 5) is 15.0. The zero-order chi connectivity index (χ0) is 17.1. The lowest BCUT2D eigenvalue weighted by Gasteiger charge is -2.17. The van der Waals surface area contributed by atoms with Crippen molar-refractivity contribution in [2.24, 2.45) is 0 Å². The summed E-state index contributed by atoms with van der Waals surface area (Å²) in [5.41, 5.74) is 1.56. The average Bonchev–Trinajstić information content (AvgIpc) is 3.29. The normalized spacial score (nSPS) is 16.7. The predicted octanol–water partition coefficient (Wildman–Crippen LogP) is 3.27. The summed E-state index contributed by atoms with van der Waals surface area (Å²) in [6, 6.07) is 9.60. The van der Waals surface area contributed by atoms with E-state index in [2.05, 4.69) is 6.07 Å². The highest BCUT2D eigenvalue weighted by Gasteiger charge is 2.30. The number of carbonyl (C=O) groups excluding carboxylic acids is 1. The van der Waals surface area contributed by atoms with Gasteiger partial charge in [0.1, 0.15) is 22.4 Å². The van der Waals surface area contributed by atoms with Gasteiger partial charge in [-0.3, -0.25) is 4.79 Å². The number of hydrogen-bond donors (Lipinski definition) is 0. The molecule has 1 fully saturated rings. The molecule has 2 heterocycles. The Morgan fingerprint density at radius 3 is 2.62 bits per heavy atom. The van der Waals surface area contributed by atoms with Crippen molar-refractivity contribution in [2.45, 2.75) is 12.3 Å². The third kappa shape index (κ3) is 3.08. The Labute approximate surface area is 145 Å². The summed E-state index contributed by atoms with van der Waals surface area (Å²) in [6.45, 7) is 1.32. The van der Waals surface area contributed by atoms with Gasteiger partial charge in [0.25, 0.3) is 5.91 Å². The van der Waals surface area contributed by atoms with Crippen molar-refractivity contribution in [3.63, 3.8) is 0 Å². The van der Waals surface area contributed by atoms with Crippen LogP contribution in [-0.2, 0) is 0 Å². The van der Waals surface area contributed by atoms with Gasteiger partial charge in [0.15, 0.2) is 0 Å². The van der Waals surface area contributed by atoms with Gasteiger partial charge in [0, 0.05) is 25.1 Å². The molecule has 24 heavy (non-hydrogen) atoms. The third-order valence-corrected chi connectivity index (χ3v) is 5.20. The molecule has 1 aromatic carbocycles. The van der Waals surface area contributed by atoms with Crippen LogP contribution < -0.4 is 9.47 Å². The fourth-order valence-corrected chi connectivity index (χ4v) is 3.80. The Bertz CT molecular complexity index is 772. The molecule has 1 amide bonds. The van der Waals surface area contributed by atoms with E-state index in [1.54, 1.807) is 25.7 Å². The van der Waals surface area contributed by atoms with E-state index in [1.165, 1.54) is 11.3 Å². The minimum Gasteiger partial charge on any atom is -0.497 e. The molecule has 1 atom stereocenters. The summed E-state index contributed by atoms with van der Waals surface area (Å²) >= 11 is 1.32. The Balaban J connectivity index is 1.78. The predicted molar refractivity (Wildman–Crippen MR) is 91.8 cm³/mol. The van der Waals surface area contributed by atoms with Gasteiger partial charge < -0.3 is 14.4 Å². The van der Waals surface area contributed by atoms with Gasteiger partial charge >= 0.3 is 0 Å². The lowest BCUT2D eigenvalue weighted by atomic mass is 9.98. The molecule has 1 aromatic heterocycles. The summed E-state index contributed by atoms with van der Waals surface area (Å²) in [5, 5.41) is 10.9. The van der Waals surface area contributed by atoms with Gasteiger partial charge in [-0.2, -0.15) is 5.26 Å². The van der Waals surface area contributed by atoms with E-state index in [0.717, 1.165) is 23.5 Å². The molecular weight excluding hydrogens is 324 g/mol. The topological polar surface area (TPSA) is 62.6 Å². The minimum absolute atomic E-state index is 0.0566. The van der Waals surface area contributed by atoms with Crippen molar-refractivity contribution in [3.05, 3.63) is 45.6 Å². The Kier molecular flexibility index (Phi) is 4.72. The second-order valence-corrected chi connectivity index (χ2v) is 6.57. The summed E-state index contributed by atoms with van der Waals surface area (Å²) < 4.78 is 10.7. The van der Waals surface area contributed by atoms with Crippen LogP contribution in [0.2, 0.25) is 0 Å². The van der Waals surface area contributed by atoms with Crippen LogP contribution in [0.5, 0.6) is 11.5 Å². The molecule has 0 spiro atoms. The maximum Gasteiger partial charge on any atom is 0.265 e. The first kappa shape index (κ1) is 16.3. The van der Waals surface area contributed by atoms with Crippen LogP contribution in [0.25, 0.3) is 0 Å². The number of thiophene rings is 1. The van der Waals surface area contributed by atoms with Gasteiger partial charge in [-0.05, 0) is 35.6 Å². The molecule has 0 unspecified atom stereocenters. The van der Waals surface area contributed by atoms with Crippen LogP contribution in [0.4, 0.5) is 0 Å². The van der Waals surface area contributed by atoms with Crippen LogP contribution in [0.15, 0.2) is 29.6 Å². The number of nitriles is 1. The average molecular weight is 342 g/mol. The number of benzene rings is 1. The summed E-state index contributed by atoms with van der Waals surface area (Å²) in [5.74, 6) is 1.68. The quantitative estimate of drug-likeness (QED) is 0.855. The molecule has 2 aromatic rings. The maximum absolute atomic E-state index is 12.6. The molecule has 1 aliphatic rings. The Hall–Kier alpha value is -2.52. The highest BCUT2D eigenvalue weighted by Crippen LogP contribution is 2.34. The Morgan fingerprint density at radius 2 is 2.00 bits per heavy atom. The minimum atomic E-state index is -0.0566. The van der Waals surface area contributed by atoms with Crippen molar-refractivity contribution in [1.82, 2.24) is 4.90 Å². The van der Waals surface area contributed by atoms with Crippen LogP contribution in [0.3, 0.4) is 0 Å². The van der Waals surface area contributed by atoms with Gasteiger partial charge in [-0.15, -0.1) is 11.3 Å². The highest BCUT2D eigenvalue weighted by molar-refractivity contribution is 7.12. The number of carbonyl (C=O) groups is 1. The number of nitrogens with zero attached hydrogens (tertiary/aromatic N) is 2. The monoisotopic (exact) mass is 342 g/mol. The molecule has 124 valence electrons. The van der Waals surface area contributed by atoms with E-state index in [-0.39, 0.29) is 11.8 Å². The third-order valence-electron chi connectivity index (χ3n) is 4.30. The SMILES string of the molecule is COc1cc(OC)cc([C@H]2CCN(C(=O)c3sccc3C#N)C2)c1. The van der Waals surface area contributed by atoms with Gasteiger partial charge in [0.2, 0.25) is 0 Å². The fraction of sp³-hybridized carbons (Fsp3) is 0.333. The summed E-state index contributed by atoms with van der Waals surface area (Å²) in [6.07, 6.45) is 0.884. The van der Waals surface area contributed by atoms with Crippen LogP contribution in [0, 0.1) is 11.3 Å². The van der Waals surface area contributed by atoms with Crippen molar-refractivity contribution in [3.8, 4) is 17.6 Å². The molecule has 0 radical (unpaired) electrons. The van der Waals surface area contributed by atoms with Crippen LogP contribution >= 0.6 is 11.3 Å². The van der Waals surface area contributed by atoms with E-state index in [1.807, 2.05) is 23.1 Å². The van der Waals surface area contributed by atoms with Crippen molar-refractivity contribution >= 4 is 17.2 Å². The molecular formula is C18H18N2O3S. The van der Waals surface area contributed by atoms with Crippen molar-refractivity contribution < 1.29 is 14.3 Å². The van der Waals surface area contributed by atoms with Crippen LogP contribution in [-0.4, -0.2) is 38.1 Å². The molecule has 0 aliphatic carbocycles. The van der Waals surface area contributed by atoms with Gasteiger partial charge in [0.05, 0.1) is 19.8 Å². The van der Waals surface area contributed by atoms with E-state index < -0.39 is 0 Å². The lowest BCUT2D eigenvalue weighted by molar-refractivity contribution is 0.0795. The van der Waals surface area contributed by atoms with E-state index >= 15 is 0 Å². The first-order valence-electron chi connectivity index (χ1n) is 7.66. The molecule has 0 N–H and O–H groups in total.